The molecule has 0 saturated carbocycles. The summed E-state index contributed by atoms with van der Waals surface area (Å²) in [6.07, 6.45) is 0.994. The summed E-state index contributed by atoms with van der Waals surface area (Å²) < 4.78 is 0.999. The van der Waals surface area contributed by atoms with Gasteiger partial charge in [-0.1, -0.05) is 15.9 Å². The zero-order valence-corrected chi connectivity index (χ0v) is 10.4. The summed E-state index contributed by atoms with van der Waals surface area (Å²) in [6.45, 7) is 1.83. The molecule has 1 atom stereocenters. The molecule has 16 heavy (non-hydrogen) atoms. The van der Waals surface area contributed by atoms with E-state index in [1.165, 1.54) is 0 Å². The van der Waals surface area contributed by atoms with Gasteiger partial charge in [-0.15, -0.1) is 0 Å². The zero-order valence-electron chi connectivity index (χ0n) is 8.79. The molecule has 0 aromatic heterocycles. The summed E-state index contributed by atoms with van der Waals surface area (Å²) in [5, 5.41) is 8.92. The molecule has 0 aliphatic carbocycles. The van der Waals surface area contributed by atoms with Crippen LogP contribution in [0.4, 0.5) is 10.5 Å². The van der Waals surface area contributed by atoms with Crippen LogP contribution in [0.25, 0.3) is 0 Å². The van der Waals surface area contributed by atoms with Crippen molar-refractivity contribution in [3.05, 3.63) is 28.7 Å². The Labute approximate surface area is 103 Å². The minimum absolute atomic E-state index is 0.143. The summed E-state index contributed by atoms with van der Waals surface area (Å²) in [7, 11) is 0. The van der Waals surface area contributed by atoms with Gasteiger partial charge in [0.15, 0.2) is 0 Å². The first-order valence-corrected chi connectivity index (χ1v) is 6.07. The molecule has 0 radical (unpaired) electrons. The summed E-state index contributed by atoms with van der Waals surface area (Å²) in [6, 6.07) is 7.61. The normalized spacial score (nSPS) is 19.4. The fraction of sp³-hybridized carbons (Fsp3) is 0.364. The first kappa shape index (κ1) is 11.4. The number of carbonyl (C=O) groups is 1. The summed E-state index contributed by atoms with van der Waals surface area (Å²) in [5.74, 6) is 0. The lowest BCUT2D eigenvalue weighted by Gasteiger charge is -2.12. The van der Waals surface area contributed by atoms with Crippen molar-refractivity contribution in [2.24, 2.45) is 0 Å². The number of halogens is 1. The van der Waals surface area contributed by atoms with Crippen LogP contribution in [0, 0.1) is 0 Å². The Hall–Kier alpha value is -1.07. The Morgan fingerprint density at radius 2 is 2.12 bits per heavy atom. The van der Waals surface area contributed by atoms with Gasteiger partial charge in [0.05, 0.1) is 0 Å². The number of carbonyl (C=O) groups excluding carboxylic acids is 1. The Morgan fingerprint density at radius 1 is 1.38 bits per heavy atom. The van der Waals surface area contributed by atoms with E-state index in [4.69, 9.17) is 0 Å². The molecule has 0 bridgehead atoms. The van der Waals surface area contributed by atoms with Crippen molar-refractivity contribution in [1.29, 1.82) is 0 Å². The van der Waals surface area contributed by atoms with Crippen molar-refractivity contribution >= 4 is 27.6 Å². The summed E-state index contributed by atoms with van der Waals surface area (Å²) in [4.78, 5) is 11.6. The van der Waals surface area contributed by atoms with E-state index in [-0.39, 0.29) is 12.1 Å². The van der Waals surface area contributed by atoms with E-state index in [2.05, 4.69) is 31.9 Å². The molecular weight excluding hydrogens is 270 g/mol. The highest BCUT2D eigenvalue weighted by atomic mass is 79.9. The van der Waals surface area contributed by atoms with E-state index in [9.17, 15) is 4.79 Å². The Bertz CT molecular complexity index is 360. The number of nitrogens with one attached hydrogen (secondary N) is 3. The number of hydrogen-bond acceptors (Lipinski definition) is 2. The standard InChI is InChI=1S/C11H14BrN3O/c12-8-1-3-9(4-2-8)14-11(16)15-10-5-6-13-7-10/h1-4,10,13H,5-7H2,(H2,14,15,16). The smallest absolute Gasteiger partial charge is 0.319 e. The van der Waals surface area contributed by atoms with Gasteiger partial charge in [0, 0.05) is 22.7 Å². The van der Waals surface area contributed by atoms with Crippen molar-refractivity contribution in [3.8, 4) is 0 Å². The van der Waals surface area contributed by atoms with E-state index >= 15 is 0 Å². The molecule has 1 aromatic rings. The SMILES string of the molecule is O=C(Nc1ccc(Br)cc1)NC1CCNC1. The second-order valence-electron chi connectivity index (χ2n) is 3.80. The maximum Gasteiger partial charge on any atom is 0.319 e. The number of anilines is 1. The fourth-order valence-corrected chi connectivity index (χ4v) is 1.93. The summed E-state index contributed by atoms with van der Waals surface area (Å²) >= 11 is 3.35. The largest absolute Gasteiger partial charge is 0.334 e. The quantitative estimate of drug-likeness (QED) is 0.777. The Kier molecular flexibility index (Phi) is 3.79. The van der Waals surface area contributed by atoms with Crippen molar-refractivity contribution in [3.63, 3.8) is 0 Å². The van der Waals surface area contributed by atoms with Crippen molar-refractivity contribution in [2.45, 2.75) is 12.5 Å². The van der Waals surface area contributed by atoms with Gasteiger partial charge in [-0.25, -0.2) is 4.79 Å². The van der Waals surface area contributed by atoms with Gasteiger partial charge in [0.1, 0.15) is 0 Å². The van der Waals surface area contributed by atoms with E-state index in [1.54, 1.807) is 0 Å². The Balaban J connectivity index is 1.84. The third kappa shape index (κ3) is 3.21. The van der Waals surface area contributed by atoms with Crippen LogP contribution in [0.2, 0.25) is 0 Å². The summed E-state index contributed by atoms with van der Waals surface area (Å²) in [5.41, 5.74) is 0.798. The van der Waals surface area contributed by atoms with Crippen LogP contribution in [0.5, 0.6) is 0 Å². The zero-order chi connectivity index (χ0) is 11.4. The van der Waals surface area contributed by atoms with Gasteiger partial charge in [0.25, 0.3) is 0 Å². The predicted octanol–water partition coefficient (Wildman–Crippen LogP) is 1.93. The van der Waals surface area contributed by atoms with Gasteiger partial charge in [-0.2, -0.15) is 0 Å². The van der Waals surface area contributed by atoms with Crippen LogP contribution in [0.15, 0.2) is 28.7 Å². The van der Waals surface area contributed by atoms with E-state index in [1.807, 2.05) is 24.3 Å². The molecule has 1 aromatic carbocycles. The minimum Gasteiger partial charge on any atom is -0.334 e. The molecule has 0 spiro atoms. The maximum atomic E-state index is 11.6. The molecule has 1 saturated heterocycles. The number of benzene rings is 1. The predicted molar refractivity (Wildman–Crippen MR) is 67.6 cm³/mol. The monoisotopic (exact) mass is 283 g/mol. The average molecular weight is 284 g/mol. The first-order valence-electron chi connectivity index (χ1n) is 5.28. The topological polar surface area (TPSA) is 53.2 Å². The number of hydrogen-bond donors (Lipinski definition) is 3. The van der Waals surface area contributed by atoms with Gasteiger partial charge in [0.2, 0.25) is 0 Å². The highest BCUT2D eigenvalue weighted by molar-refractivity contribution is 9.10. The number of urea groups is 1. The van der Waals surface area contributed by atoms with Crippen LogP contribution >= 0.6 is 15.9 Å². The molecular formula is C11H14BrN3O. The molecule has 86 valence electrons. The maximum absolute atomic E-state index is 11.6. The van der Waals surface area contributed by atoms with Crippen LogP contribution in [-0.2, 0) is 0 Å². The van der Waals surface area contributed by atoms with Crippen LogP contribution in [-0.4, -0.2) is 25.2 Å². The Morgan fingerprint density at radius 3 is 2.75 bits per heavy atom. The molecule has 1 aliphatic rings. The van der Waals surface area contributed by atoms with Crippen molar-refractivity contribution in [2.75, 3.05) is 18.4 Å². The molecule has 1 fully saturated rings. The van der Waals surface area contributed by atoms with E-state index < -0.39 is 0 Å². The van der Waals surface area contributed by atoms with Gasteiger partial charge >= 0.3 is 6.03 Å². The highest BCUT2D eigenvalue weighted by Crippen LogP contribution is 2.13. The third-order valence-electron chi connectivity index (χ3n) is 2.50. The van der Waals surface area contributed by atoms with Crippen LogP contribution in [0.1, 0.15) is 6.42 Å². The average Bonchev–Trinajstić information content (AvgIpc) is 2.74. The lowest BCUT2D eigenvalue weighted by Crippen LogP contribution is -2.39. The molecule has 4 nitrogen and oxygen atoms in total. The van der Waals surface area contributed by atoms with Crippen LogP contribution < -0.4 is 16.0 Å². The van der Waals surface area contributed by atoms with Gasteiger partial charge < -0.3 is 16.0 Å². The highest BCUT2D eigenvalue weighted by Gasteiger charge is 2.16. The molecule has 1 unspecified atom stereocenters. The second-order valence-corrected chi connectivity index (χ2v) is 4.71. The van der Waals surface area contributed by atoms with E-state index in [0.717, 1.165) is 29.7 Å². The van der Waals surface area contributed by atoms with Gasteiger partial charge in [-0.3, -0.25) is 0 Å². The van der Waals surface area contributed by atoms with Crippen LogP contribution in [0.3, 0.4) is 0 Å². The van der Waals surface area contributed by atoms with Gasteiger partial charge in [-0.05, 0) is 37.2 Å². The third-order valence-corrected chi connectivity index (χ3v) is 3.03. The first-order chi connectivity index (χ1) is 7.74. The minimum atomic E-state index is -0.143. The lowest BCUT2D eigenvalue weighted by atomic mass is 10.3. The molecule has 3 N–H and O–H groups in total. The lowest BCUT2D eigenvalue weighted by molar-refractivity contribution is 0.249. The number of rotatable bonds is 2. The fourth-order valence-electron chi connectivity index (χ4n) is 1.66. The van der Waals surface area contributed by atoms with E-state index in [0.29, 0.717) is 0 Å². The molecule has 2 rings (SSSR count). The van der Waals surface area contributed by atoms with Crippen molar-refractivity contribution in [1.82, 2.24) is 10.6 Å². The molecule has 1 aliphatic heterocycles. The second kappa shape index (κ2) is 5.32. The number of amides is 2. The molecule has 1 heterocycles. The molecule has 2 amide bonds. The van der Waals surface area contributed by atoms with Crippen molar-refractivity contribution < 1.29 is 4.79 Å². The molecule has 5 heteroatoms.